The van der Waals surface area contributed by atoms with Crippen LogP contribution in [-0.4, -0.2) is 11.7 Å². The fraction of sp³-hybridized carbons (Fsp3) is 0.240. The number of hydrogen-bond acceptors (Lipinski definition) is 5. The molecule has 0 saturated carbocycles. The number of nitrogens with one attached hydrogen (secondary N) is 1. The van der Waals surface area contributed by atoms with Gasteiger partial charge in [0.1, 0.15) is 28.9 Å². The highest BCUT2D eigenvalue weighted by molar-refractivity contribution is 6.20. The average molecular weight is 446 g/mol. The summed E-state index contributed by atoms with van der Waals surface area (Å²) in [5.74, 6) is -2.20. The van der Waals surface area contributed by atoms with Crippen LogP contribution in [0.4, 0.5) is 20.2 Å². The lowest BCUT2D eigenvalue weighted by Gasteiger charge is -2.46. The van der Waals surface area contributed by atoms with Crippen molar-refractivity contribution < 1.29 is 18.4 Å². The van der Waals surface area contributed by atoms with Crippen molar-refractivity contribution in [3.8, 4) is 6.07 Å². The first-order chi connectivity index (χ1) is 15.6. The number of rotatable bonds is 1. The Bertz CT molecular complexity index is 1370. The standard InChI is InChI=1S/C25H20F2N4O2/c1-24(2)10-19-21(20(32)11-24)25(16-9-14(27)6-7-18(16)30-23(25)33)17(12-28)22(29)31(19)15-5-3-4-13(26)8-15/h3-9H,10-11,29H2,1-2H3,(H,30,33)/t25-/m0/s1. The van der Waals surface area contributed by atoms with Gasteiger partial charge in [-0.05, 0) is 48.2 Å². The topological polar surface area (TPSA) is 99.2 Å². The molecule has 8 heteroatoms. The number of nitrogens with zero attached hydrogens (tertiary/aromatic N) is 2. The van der Waals surface area contributed by atoms with Crippen molar-refractivity contribution in [2.24, 2.45) is 11.1 Å². The van der Waals surface area contributed by atoms with E-state index in [4.69, 9.17) is 5.73 Å². The van der Waals surface area contributed by atoms with Crippen LogP contribution >= 0.6 is 0 Å². The third-order valence-corrected chi connectivity index (χ3v) is 6.52. The molecule has 2 aromatic rings. The highest BCUT2D eigenvalue weighted by atomic mass is 19.1. The molecule has 33 heavy (non-hydrogen) atoms. The summed E-state index contributed by atoms with van der Waals surface area (Å²) in [6.45, 7) is 3.82. The van der Waals surface area contributed by atoms with Crippen molar-refractivity contribution in [3.05, 3.63) is 82.3 Å². The number of carbonyl (C=O) groups excluding carboxylic acids is 2. The second kappa shape index (κ2) is 6.75. The number of carbonyl (C=O) groups is 2. The molecular formula is C25H20F2N4O2. The molecule has 1 atom stereocenters. The van der Waals surface area contributed by atoms with Gasteiger partial charge in [-0.15, -0.1) is 0 Å². The van der Waals surface area contributed by atoms with E-state index in [0.717, 1.165) is 6.07 Å². The SMILES string of the molecule is CC1(C)CC(=O)C2=C(C1)N(c1cccc(F)c1)C(N)=C(C#N)[C@]21C(=O)Nc2ccc(F)cc21. The van der Waals surface area contributed by atoms with Crippen LogP contribution in [0.2, 0.25) is 0 Å². The summed E-state index contributed by atoms with van der Waals surface area (Å²) in [5, 5.41) is 12.9. The van der Waals surface area contributed by atoms with Crippen LogP contribution in [-0.2, 0) is 15.0 Å². The molecule has 2 aromatic carbocycles. The molecule has 0 unspecified atom stereocenters. The third kappa shape index (κ3) is 2.75. The molecule has 3 aliphatic rings. The maximum Gasteiger partial charge on any atom is 0.245 e. The maximum absolute atomic E-state index is 14.4. The van der Waals surface area contributed by atoms with Crippen LogP contribution < -0.4 is 16.0 Å². The Labute approximate surface area is 189 Å². The zero-order chi connectivity index (χ0) is 23.7. The molecule has 6 nitrogen and oxygen atoms in total. The molecule has 2 aliphatic heterocycles. The van der Waals surface area contributed by atoms with Gasteiger partial charge in [0.05, 0.1) is 11.3 Å². The van der Waals surface area contributed by atoms with Gasteiger partial charge in [0.15, 0.2) is 5.78 Å². The van der Waals surface area contributed by atoms with Crippen molar-refractivity contribution in [1.82, 2.24) is 0 Å². The van der Waals surface area contributed by atoms with E-state index < -0.39 is 28.4 Å². The fourth-order valence-electron chi connectivity index (χ4n) is 5.30. The zero-order valence-electron chi connectivity index (χ0n) is 18.0. The lowest BCUT2D eigenvalue weighted by Crippen LogP contribution is -2.52. The lowest BCUT2D eigenvalue weighted by molar-refractivity contribution is -0.123. The largest absolute Gasteiger partial charge is 0.384 e. The Morgan fingerprint density at radius 2 is 1.82 bits per heavy atom. The second-order valence-corrected chi connectivity index (χ2v) is 9.34. The molecule has 1 aliphatic carbocycles. The molecule has 5 rings (SSSR count). The Morgan fingerprint density at radius 1 is 1.09 bits per heavy atom. The van der Waals surface area contributed by atoms with E-state index in [1.54, 1.807) is 6.07 Å². The van der Waals surface area contributed by atoms with Crippen LogP contribution in [0, 0.1) is 28.4 Å². The van der Waals surface area contributed by atoms with Crippen LogP contribution in [0.1, 0.15) is 32.3 Å². The summed E-state index contributed by atoms with van der Waals surface area (Å²) < 4.78 is 28.5. The van der Waals surface area contributed by atoms with Crippen molar-refractivity contribution in [2.75, 3.05) is 10.2 Å². The average Bonchev–Trinajstić information content (AvgIpc) is 2.99. The van der Waals surface area contributed by atoms with E-state index >= 15 is 0 Å². The van der Waals surface area contributed by atoms with E-state index in [0.29, 0.717) is 23.5 Å². The highest BCUT2D eigenvalue weighted by Gasteiger charge is 2.61. The minimum Gasteiger partial charge on any atom is -0.384 e. The zero-order valence-corrected chi connectivity index (χ0v) is 18.0. The van der Waals surface area contributed by atoms with E-state index in [1.165, 1.54) is 35.2 Å². The van der Waals surface area contributed by atoms with Crippen molar-refractivity contribution in [3.63, 3.8) is 0 Å². The molecule has 166 valence electrons. The van der Waals surface area contributed by atoms with Gasteiger partial charge in [-0.1, -0.05) is 19.9 Å². The first-order valence-electron chi connectivity index (χ1n) is 10.4. The smallest absolute Gasteiger partial charge is 0.245 e. The number of anilines is 2. The van der Waals surface area contributed by atoms with E-state index in [1.807, 2.05) is 19.9 Å². The van der Waals surface area contributed by atoms with Crippen LogP contribution in [0.3, 0.4) is 0 Å². The molecule has 0 radical (unpaired) electrons. The quantitative estimate of drug-likeness (QED) is 0.690. The van der Waals surface area contributed by atoms with Gasteiger partial charge in [-0.2, -0.15) is 5.26 Å². The van der Waals surface area contributed by atoms with E-state index in [-0.39, 0.29) is 34.7 Å². The van der Waals surface area contributed by atoms with Crippen molar-refractivity contribution >= 4 is 23.1 Å². The van der Waals surface area contributed by atoms with E-state index in [2.05, 4.69) is 5.32 Å². The molecule has 2 heterocycles. The molecule has 0 aromatic heterocycles. The van der Waals surface area contributed by atoms with E-state index in [9.17, 15) is 23.6 Å². The van der Waals surface area contributed by atoms with Crippen LogP contribution in [0.5, 0.6) is 0 Å². The van der Waals surface area contributed by atoms with Crippen molar-refractivity contribution in [1.29, 1.82) is 5.26 Å². The number of Topliss-reactive ketones (excluding diaryl/α,β-unsaturated/α-hetero) is 1. The molecule has 1 amide bonds. The van der Waals surface area contributed by atoms with Gasteiger partial charge in [0.2, 0.25) is 5.91 Å². The summed E-state index contributed by atoms with van der Waals surface area (Å²) in [6.07, 6.45) is 0.463. The predicted molar refractivity (Wildman–Crippen MR) is 117 cm³/mol. The van der Waals surface area contributed by atoms with Gasteiger partial charge in [0.25, 0.3) is 0 Å². The highest BCUT2D eigenvalue weighted by Crippen LogP contribution is 2.57. The third-order valence-electron chi connectivity index (χ3n) is 6.52. The minimum atomic E-state index is -1.87. The van der Waals surface area contributed by atoms with Gasteiger partial charge in [-0.3, -0.25) is 14.5 Å². The summed E-state index contributed by atoms with van der Waals surface area (Å²) in [6, 6.07) is 11.4. The Balaban J connectivity index is 1.92. The number of amides is 1. The normalized spacial score (nSPS) is 23.4. The van der Waals surface area contributed by atoms with Crippen molar-refractivity contribution in [2.45, 2.75) is 32.1 Å². The lowest BCUT2D eigenvalue weighted by atomic mass is 9.60. The molecule has 0 saturated heterocycles. The molecule has 1 spiro atoms. The number of nitriles is 1. The summed E-state index contributed by atoms with van der Waals surface area (Å²) in [4.78, 5) is 28.7. The van der Waals surface area contributed by atoms with Crippen LogP contribution in [0.15, 0.2) is 65.1 Å². The summed E-state index contributed by atoms with van der Waals surface area (Å²) in [5.41, 5.74) is 5.26. The number of ketones is 1. The first kappa shape index (κ1) is 20.9. The molecular weight excluding hydrogens is 426 g/mol. The second-order valence-electron chi connectivity index (χ2n) is 9.34. The minimum absolute atomic E-state index is 0.0821. The summed E-state index contributed by atoms with van der Waals surface area (Å²) >= 11 is 0. The van der Waals surface area contributed by atoms with Crippen LogP contribution in [0.25, 0.3) is 0 Å². The number of nitrogens with two attached hydrogens (primary N) is 1. The number of benzene rings is 2. The number of fused-ring (bicyclic) bond motifs is 3. The number of allylic oxidation sites excluding steroid dienone is 1. The van der Waals surface area contributed by atoms with Gasteiger partial charge in [-0.25, -0.2) is 8.78 Å². The number of hydrogen-bond donors (Lipinski definition) is 2. The van der Waals surface area contributed by atoms with Gasteiger partial charge < -0.3 is 11.1 Å². The number of halogens is 2. The summed E-state index contributed by atoms with van der Waals surface area (Å²) in [7, 11) is 0. The maximum atomic E-state index is 14.4. The molecule has 0 bridgehead atoms. The Hall–Kier alpha value is -3.99. The fourth-order valence-corrected chi connectivity index (χ4v) is 5.30. The Morgan fingerprint density at radius 3 is 2.52 bits per heavy atom. The monoisotopic (exact) mass is 446 g/mol. The Kier molecular flexibility index (Phi) is 4.27. The first-order valence-corrected chi connectivity index (χ1v) is 10.4. The van der Waals surface area contributed by atoms with Gasteiger partial charge in [0, 0.05) is 28.9 Å². The molecule has 0 fully saturated rings. The molecule has 3 N–H and O–H groups in total. The predicted octanol–water partition coefficient (Wildman–Crippen LogP) is 4.01. The van der Waals surface area contributed by atoms with Gasteiger partial charge >= 0.3 is 0 Å².